The van der Waals surface area contributed by atoms with Crippen molar-refractivity contribution in [1.29, 1.82) is 0 Å². The Morgan fingerprint density at radius 1 is 1.17 bits per heavy atom. The Kier molecular flexibility index (Phi) is 6.14. The van der Waals surface area contributed by atoms with E-state index in [1.165, 1.54) is 12.1 Å². The van der Waals surface area contributed by atoms with Crippen molar-refractivity contribution in [2.24, 2.45) is 0 Å². The molecule has 0 atom stereocenters. The van der Waals surface area contributed by atoms with Crippen LogP contribution >= 0.6 is 46.1 Å². The summed E-state index contributed by atoms with van der Waals surface area (Å²) in [5, 5.41) is 12.1. The first-order valence-corrected chi connectivity index (χ1v) is 8.69. The maximum absolute atomic E-state index is 11.7. The summed E-state index contributed by atoms with van der Waals surface area (Å²) in [4.78, 5) is 11.7. The third-order valence-electron chi connectivity index (χ3n) is 2.40. The van der Waals surface area contributed by atoms with Gasteiger partial charge in [0.2, 0.25) is 5.13 Å². The summed E-state index contributed by atoms with van der Waals surface area (Å²) < 4.78 is 10.7. The van der Waals surface area contributed by atoms with Crippen molar-refractivity contribution in [2.75, 3.05) is 5.32 Å². The van der Waals surface area contributed by atoms with Crippen molar-refractivity contribution in [3.63, 3.8) is 0 Å². The number of carbonyl (C=O) groups is 1. The summed E-state index contributed by atoms with van der Waals surface area (Å²) in [6.07, 6.45) is -0.598. The van der Waals surface area contributed by atoms with Crippen LogP contribution in [0.4, 0.5) is 9.93 Å². The van der Waals surface area contributed by atoms with Crippen LogP contribution in [0.25, 0.3) is 0 Å². The van der Waals surface area contributed by atoms with Crippen LogP contribution in [0.3, 0.4) is 0 Å². The lowest BCUT2D eigenvalue weighted by molar-refractivity contribution is 0.0636. The Morgan fingerprint density at radius 2 is 1.83 bits per heavy atom. The highest BCUT2D eigenvalue weighted by Crippen LogP contribution is 2.34. The largest absolute Gasteiger partial charge is 0.485 e. The average Bonchev–Trinajstić information content (AvgIpc) is 2.86. The van der Waals surface area contributed by atoms with E-state index in [2.05, 4.69) is 15.5 Å². The summed E-state index contributed by atoms with van der Waals surface area (Å²) in [5.74, 6) is 0.378. The first kappa shape index (κ1) is 19.1. The molecule has 1 amide bonds. The van der Waals surface area contributed by atoms with Gasteiger partial charge in [-0.15, -0.1) is 10.2 Å². The molecule has 2 rings (SSSR count). The van der Waals surface area contributed by atoms with Gasteiger partial charge in [-0.2, -0.15) is 0 Å². The molecule has 0 bridgehead atoms. The Labute approximate surface area is 158 Å². The first-order chi connectivity index (χ1) is 11.1. The normalized spacial score (nSPS) is 11.2. The number of carbonyl (C=O) groups excluding carboxylic acids is 1. The summed E-state index contributed by atoms with van der Waals surface area (Å²) in [6.45, 7) is 5.43. The van der Waals surface area contributed by atoms with E-state index in [1.54, 1.807) is 20.8 Å². The molecule has 1 aromatic heterocycles. The molecule has 24 heavy (non-hydrogen) atoms. The molecule has 1 N–H and O–H groups in total. The number of nitrogens with one attached hydrogen (secondary N) is 1. The quantitative estimate of drug-likeness (QED) is 0.681. The van der Waals surface area contributed by atoms with Crippen molar-refractivity contribution < 1.29 is 14.3 Å². The molecule has 0 saturated heterocycles. The summed E-state index contributed by atoms with van der Waals surface area (Å²) >= 11 is 19.0. The fourth-order valence-corrected chi connectivity index (χ4v) is 2.74. The van der Waals surface area contributed by atoms with E-state index in [9.17, 15) is 4.79 Å². The van der Waals surface area contributed by atoms with Crippen molar-refractivity contribution in [1.82, 2.24) is 10.2 Å². The van der Waals surface area contributed by atoms with Gasteiger partial charge in [-0.1, -0.05) is 46.1 Å². The standard InChI is InChI=1S/C14H14Cl3N3O3S/c1-14(2,3)23-13(21)18-12-20-19-11(24-12)6-22-10-5-8(16)7(15)4-9(10)17/h4-5H,6H2,1-3H3,(H,18,20,21). The molecule has 10 heteroatoms. The third-order valence-corrected chi connectivity index (χ3v) is 4.23. The molecule has 0 radical (unpaired) electrons. The minimum atomic E-state index is -0.598. The number of halogens is 3. The third kappa shape index (κ3) is 5.66. The molecule has 0 fully saturated rings. The summed E-state index contributed by atoms with van der Waals surface area (Å²) in [5.41, 5.74) is -0.592. The number of nitrogens with zero attached hydrogens (tertiary/aromatic N) is 2. The molecule has 1 heterocycles. The van der Waals surface area contributed by atoms with Crippen molar-refractivity contribution in [3.05, 3.63) is 32.2 Å². The predicted octanol–water partition coefficient (Wildman–Crippen LogP) is 5.42. The van der Waals surface area contributed by atoms with Crippen molar-refractivity contribution in [3.8, 4) is 5.75 Å². The van der Waals surface area contributed by atoms with E-state index in [0.717, 1.165) is 11.3 Å². The second-order valence-corrected chi connectivity index (χ2v) is 7.90. The van der Waals surface area contributed by atoms with Gasteiger partial charge < -0.3 is 9.47 Å². The lowest BCUT2D eigenvalue weighted by Gasteiger charge is -2.18. The molecule has 1 aromatic carbocycles. The second-order valence-electron chi connectivity index (χ2n) is 5.61. The zero-order chi connectivity index (χ0) is 17.9. The van der Waals surface area contributed by atoms with Crippen LogP contribution in [0, 0.1) is 0 Å². The zero-order valence-electron chi connectivity index (χ0n) is 13.0. The maximum Gasteiger partial charge on any atom is 0.414 e. The summed E-state index contributed by atoms with van der Waals surface area (Å²) in [6, 6.07) is 3.02. The lowest BCUT2D eigenvalue weighted by Crippen LogP contribution is -2.27. The Morgan fingerprint density at radius 3 is 2.50 bits per heavy atom. The SMILES string of the molecule is CC(C)(C)OC(=O)Nc1nnc(COc2cc(Cl)c(Cl)cc2Cl)s1. The van der Waals surface area contributed by atoms with Crippen molar-refractivity contribution in [2.45, 2.75) is 33.0 Å². The second kappa shape index (κ2) is 7.74. The molecule has 0 unspecified atom stereocenters. The van der Waals surface area contributed by atoms with Crippen LogP contribution in [0.2, 0.25) is 15.1 Å². The molecule has 6 nitrogen and oxygen atoms in total. The number of benzene rings is 1. The number of rotatable bonds is 4. The number of aromatic nitrogens is 2. The van der Waals surface area contributed by atoms with Gasteiger partial charge in [0.1, 0.15) is 18.0 Å². The number of hydrogen-bond donors (Lipinski definition) is 1. The monoisotopic (exact) mass is 409 g/mol. The number of ether oxygens (including phenoxy) is 2. The highest BCUT2D eigenvalue weighted by molar-refractivity contribution is 7.15. The van der Waals surface area contributed by atoms with E-state index in [-0.39, 0.29) is 6.61 Å². The Balaban J connectivity index is 1.95. The number of hydrogen-bond acceptors (Lipinski definition) is 6. The lowest BCUT2D eigenvalue weighted by atomic mass is 10.2. The fraction of sp³-hybridized carbons (Fsp3) is 0.357. The van der Waals surface area contributed by atoms with E-state index >= 15 is 0 Å². The highest BCUT2D eigenvalue weighted by Gasteiger charge is 2.18. The minimum Gasteiger partial charge on any atom is -0.485 e. The van der Waals surface area contributed by atoms with E-state index < -0.39 is 11.7 Å². The summed E-state index contributed by atoms with van der Waals surface area (Å²) in [7, 11) is 0. The van der Waals surface area contributed by atoms with Gasteiger partial charge in [0.05, 0.1) is 15.1 Å². The van der Waals surface area contributed by atoms with Crippen LogP contribution in [0.15, 0.2) is 12.1 Å². The van der Waals surface area contributed by atoms with Crippen LogP contribution in [0.1, 0.15) is 25.8 Å². The van der Waals surface area contributed by atoms with Crippen LogP contribution < -0.4 is 10.1 Å². The Bertz CT molecular complexity index is 747. The van der Waals surface area contributed by atoms with Gasteiger partial charge in [0.25, 0.3) is 0 Å². The molecule has 0 aliphatic heterocycles. The van der Waals surface area contributed by atoms with Crippen LogP contribution in [-0.4, -0.2) is 21.9 Å². The molecular formula is C14H14Cl3N3O3S. The molecule has 2 aromatic rings. The van der Waals surface area contributed by atoms with Gasteiger partial charge in [-0.3, -0.25) is 5.32 Å². The van der Waals surface area contributed by atoms with E-state index in [1.807, 2.05) is 0 Å². The molecule has 0 spiro atoms. The van der Waals surface area contributed by atoms with Gasteiger partial charge in [0, 0.05) is 6.07 Å². The predicted molar refractivity (Wildman–Crippen MR) is 95.6 cm³/mol. The first-order valence-electron chi connectivity index (χ1n) is 6.74. The maximum atomic E-state index is 11.7. The zero-order valence-corrected chi connectivity index (χ0v) is 16.1. The molecule has 0 saturated carbocycles. The topological polar surface area (TPSA) is 73.3 Å². The molecule has 0 aliphatic carbocycles. The molecule has 130 valence electrons. The van der Waals surface area contributed by atoms with Gasteiger partial charge in [0.15, 0.2) is 5.01 Å². The van der Waals surface area contributed by atoms with Crippen LogP contribution in [0.5, 0.6) is 5.75 Å². The number of anilines is 1. The number of amides is 1. The van der Waals surface area contributed by atoms with E-state index in [0.29, 0.717) is 31.0 Å². The smallest absolute Gasteiger partial charge is 0.414 e. The molecule has 0 aliphatic rings. The highest BCUT2D eigenvalue weighted by atomic mass is 35.5. The van der Waals surface area contributed by atoms with Crippen LogP contribution in [-0.2, 0) is 11.3 Å². The van der Waals surface area contributed by atoms with Crippen molar-refractivity contribution >= 4 is 57.4 Å². The van der Waals surface area contributed by atoms with Gasteiger partial charge in [-0.05, 0) is 26.8 Å². The average molecular weight is 411 g/mol. The minimum absolute atomic E-state index is 0.116. The van der Waals surface area contributed by atoms with Gasteiger partial charge in [-0.25, -0.2) is 4.79 Å². The van der Waals surface area contributed by atoms with Gasteiger partial charge >= 0.3 is 6.09 Å². The van der Waals surface area contributed by atoms with E-state index in [4.69, 9.17) is 44.3 Å². The molecular weight excluding hydrogens is 397 g/mol. The Hall–Kier alpha value is -1.28. The fourth-order valence-electron chi connectivity index (χ4n) is 1.51.